The van der Waals surface area contributed by atoms with Gasteiger partial charge in [-0.15, -0.1) is 0 Å². The van der Waals surface area contributed by atoms with Crippen molar-refractivity contribution in [3.63, 3.8) is 0 Å². The van der Waals surface area contributed by atoms with E-state index in [2.05, 4.69) is 0 Å². The van der Waals surface area contributed by atoms with Gasteiger partial charge in [0.25, 0.3) is 17.7 Å². The van der Waals surface area contributed by atoms with Crippen LogP contribution in [0.15, 0.2) is 54.6 Å². The molecule has 0 aliphatic carbocycles. The Morgan fingerprint density at radius 2 is 1.43 bits per heavy atom. The summed E-state index contributed by atoms with van der Waals surface area (Å²) in [7, 11) is 0. The van der Waals surface area contributed by atoms with Crippen LogP contribution in [0.25, 0.3) is 0 Å². The minimum Gasteiger partial charge on any atom is -0.447 e. The predicted octanol–water partition coefficient (Wildman–Crippen LogP) is 2.58. The van der Waals surface area contributed by atoms with E-state index in [0.29, 0.717) is 29.8 Å². The van der Waals surface area contributed by atoms with E-state index in [9.17, 15) is 19.2 Å². The Morgan fingerprint density at radius 1 is 0.867 bits per heavy atom. The van der Waals surface area contributed by atoms with E-state index >= 15 is 0 Å². The lowest BCUT2D eigenvalue weighted by molar-refractivity contribution is -0.160. The number of fused-ring (bicyclic) bond motifs is 1. The number of rotatable bonds is 6. The molecular weight excluding hydrogens is 384 g/mol. The Labute approximate surface area is 174 Å². The number of hydrogen-bond donors (Lipinski definition) is 0. The first-order valence-electron chi connectivity index (χ1n) is 10.0. The van der Waals surface area contributed by atoms with Crippen LogP contribution in [0.2, 0.25) is 0 Å². The van der Waals surface area contributed by atoms with Gasteiger partial charge in [-0.25, -0.2) is 0 Å². The van der Waals surface area contributed by atoms with Gasteiger partial charge in [0.15, 0.2) is 0 Å². The monoisotopic (exact) mass is 406 g/mol. The molecule has 154 valence electrons. The van der Waals surface area contributed by atoms with Crippen LogP contribution in [0.1, 0.15) is 51.6 Å². The minimum absolute atomic E-state index is 0.0927. The quantitative estimate of drug-likeness (QED) is 0.544. The number of carbonyl (C=O) groups excluding carboxylic acids is 4. The van der Waals surface area contributed by atoms with Crippen molar-refractivity contribution < 1.29 is 23.9 Å². The van der Waals surface area contributed by atoms with Gasteiger partial charge in [0, 0.05) is 25.2 Å². The maximum atomic E-state index is 12.9. The lowest BCUT2D eigenvalue weighted by Crippen LogP contribution is -2.36. The predicted molar refractivity (Wildman–Crippen MR) is 108 cm³/mol. The molecule has 7 heteroatoms. The van der Waals surface area contributed by atoms with Crippen LogP contribution in [0.5, 0.6) is 0 Å². The lowest BCUT2D eigenvalue weighted by Gasteiger charge is -2.24. The van der Waals surface area contributed by atoms with Gasteiger partial charge in [-0.3, -0.25) is 24.1 Å². The number of carbonyl (C=O) groups is 4. The summed E-state index contributed by atoms with van der Waals surface area (Å²) in [6.07, 6.45) is 0.656. The van der Waals surface area contributed by atoms with Crippen molar-refractivity contribution in [2.75, 3.05) is 19.6 Å². The summed E-state index contributed by atoms with van der Waals surface area (Å²) < 4.78 is 5.54. The number of imide groups is 1. The van der Waals surface area contributed by atoms with Crippen molar-refractivity contribution in [2.45, 2.75) is 25.4 Å². The summed E-state index contributed by atoms with van der Waals surface area (Å²) in [6, 6.07) is 15.4. The molecule has 0 radical (unpaired) electrons. The molecule has 0 saturated carbocycles. The molecule has 0 N–H and O–H groups in total. The summed E-state index contributed by atoms with van der Waals surface area (Å²) in [5, 5.41) is 0. The van der Waals surface area contributed by atoms with Gasteiger partial charge in [-0.05, 0) is 25.0 Å². The molecule has 1 fully saturated rings. The molecule has 0 spiro atoms. The fourth-order valence-corrected chi connectivity index (χ4v) is 3.83. The average molecular weight is 406 g/mol. The summed E-state index contributed by atoms with van der Waals surface area (Å²) in [6.45, 7) is 1.20. The molecule has 3 amide bonds. The molecule has 0 unspecified atom stereocenters. The molecule has 1 atom stereocenters. The molecule has 30 heavy (non-hydrogen) atoms. The third kappa shape index (κ3) is 3.83. The van der Waals surface area contributed by atoms with Crippen molar-refractivity contribution in [1.82, 2.24) is 9.80 Å². The number of benzene rings is 2. The Morgan fingerprint density at radius 3 is 2.03 bits per heavy atom. The van der Waals surface area contributed by atoms with Crippen molar-refractivity contribution in [1.29, 1.82) is 0 Å². The van der Waals surface area contributed by atoms with Crippen LogP contribution < -0.4 is 0 Å². The van der Waals surface area contributed by atoms with Crippen LogP contribution in [0.3, 0.4) is 0 Å². The molecule has 4 rings (SSSR count). The first kappa shape index (κ1) is 19.8. The normalized spacial score (nSPS) is 16.5. The molecule has 2 aromatic rings. The lowest BCUT2D eigenvalue weighted by atomic mass is 10.1. The topological polar surface area (TPSA) is 84.0 Å². The average Bonchev–Trinajstić information content (AvgIpc) is 3.39. The molecule has 2 aliphatic heterocycles. The molecule has 0 aromatic heterocycles. The van der Waals surface area contributed by atoms with E-state index in [0.717, 1.165) is 17.7 Å². The van der Waals surface area contributed by atoms with Crippen LogP contribution in [0, 0.1) is 0 Å². The number of likely N-dealkylation sites (tertiary alicyclic amines) is 1. The Bertz CT molecular complexity index is 947. The van der Waals surface area contributed by atoms with E-state index in [1.807, 2.05) is 6.07 Å². The number of ether oxygens (including phenoxy) is 1. The van der Waals surface area contributed by atoms with Crippen molar-refractivity contribution >= 4 is 23.7 Å². The second-order valence-corrected chi connectivity index (χ2v) is 7.37. The van der Waals surface area contributed by atoms with E-state index in [4.69, 9.17) is 4.74 Å². The number of hydrogen-bond acceptors (Lipinski definition) is 5. The highest BCUT2D eigenvalue weighted by molar-refractivity contribution is 6.21. The zero-order valence-electron chi connectivity index (χ0n) is 16.5. The van der Waals surface area contributed by atoms with Crippen molar-refractivity contribution in [3.8, 4) is 0 Å². The standard InChI is InChI=1S/C23H22N2O5/c26-19(12-15-25-21(27)17-10-4-5-11-18(17)22(25)28)30-20(16-8-2-1-3-9-16)23(29)24-13-6-7-14-24/h1-5,8-11,20H,6-7,12-15H2/t20-/m0/s1. The molecule has 7 nitrogen and oxygen atoms in total. The summed E-state index contributed by atoms with van der Waals surface area (Å²) in [4.78, 5) is 53.1. The third-order valence-corrected chi connectivity index (χ3v) is 5.41. The largest absolute Gasteiger partial charge is 0.447 e. The van der Waals surface area contributed by atoms with Crippen LogP contribution in [-0.2, 0) is 14.3 Å². The zero-order valence-corrected chi connectivity index (χ0v) is 16.5. The first-order valence-corrected chi connectivity index (χ1v) is 10.0. The SMILES string of the molecule is O=C(CCN1C(=O)c2ccccc2C1=O)O[C@H](C(=O)N1CCCC1)c1ccccc1. The van der Waals surface area contributed by atoms with E-state index < -0.39 is 23.9 Å². The summed E-state index contributed by atoms with van der Waals surface area (Å²) in [5.41, 5.74) is 1.27. The fraction of sp³-hybridized carbons (Fsp3) is 0.304. The molecule has 2 heterocycles. The second kappa shape index (κ2) is 8.49. The molecule has 0 bridgehead atoms. The maximum absolute atomic E-state index is 12.9. The third-order valence-electron chi connectivity index (χ3n) is 5.41. The Balaban J connectivity index is 1.43. The minimum atomic E-state index is -1.03. The van der Waals surface area contributed by atoms with Gasteiger partial charge < -0.3 is 9.64 Å². The Hall–Kier alpha value is -3.48. The highest BCUT2D eigenvalue weighted by Crippen LogP contribution is 2.25. The second-order valence-electron chi connectivity index (χ2n) is 7.37. The number of esters is 1. The van der Waals surface area contributed by atoms with E-state index in [-0.39, 0.29) is 18.9 Å². The van der Waals surface area contributed by atoms with Gasteiger partial charge in [-0.2, -0.15) is 0 Å². The summed E-state index contributed by atoms with van der Waals surface area (Å²) >= 11 is 0. The summed E-state index contributed by atoms with van der Waals surface area (Å²) in [5.74, 6) is -1.71. The van der Waals surface area contributed by atoms with Gasteiger partial charge >= 0.3 is 5.97 Å². The zero-order chi connectivity index (χ0) is 21.1. The van der Waals surface area contributed by atoms with Gasteiger partial charge in [0.05, 0.1) is 17.5 Å². The first-order chi connectivity index (χ1) is 14.6. The highest BCUT2D eigenvalue weighted by Gasteiger charge is 2.36. The molecular formula is C23H22N2O5. The van der Waals surface area contributed by atoms with E-state index in [1.165, 1.54) is 0 Å². The van der Waals surface area contributed by atoms with Crippen LogP contribution >= 0.6 is 0 Å². The van der Waals surface area contributed by atoms with Gasteiger partial charge in [0.1, 0.15) is 0 Å². The van der Waals surface area contributed by atoms with Crippen molar-refractivity contribution in [2.24, 2.45) is 0 Å². The fourth-order valence-electron chi connectivity index (χ4n) is 3.83. The maximum Gasteiger partial charge on any atom is 0.308 e. The number of nitrogens with zero attached hydrogens (tertiary/aromatic N) is 2. The van der Waals surface area contributed by atoms with Crippen molar-refractivity contribution in [3.05, 3.63) is 71.3 Å². The van der Waals surface area contributed by atoms with Crippen LogP contribution in [-0.4, -0.2) is 53.1 Å². The van der Waals surface area contributed by atoms with Gasteiger partial charge in [0.2, 0.25) is 6.10 Å². The van der Waals surface area contributed by atoms with Crippen LogP contribution in [0.4, 0.5) is 0 Å². The van der Waals surface area contributed by atoms with E-state index in [1.54, 1.807) is 53.4 Å². The Kier molecular flexibility index (Phi) is 5.61. The highest BCUT2D eigenvalue weighted by atomic mass is 16.5. The molecule has 1 saturated heterocycles. The molecule has 2 aromatic carbocycles. The smallest absolute Gasteiger partial charge is 0.308 e. The van der Waals surface area contributed by atoms with Gasteiger partial charge in [-0.1, -0.05) is 42.5 Å². The number of amides is 3. The molecule has 2 aliphatic rings.